The maximum Gasteiger partial charge on any atom is 0.209 e. The molecule has 0 spiro atoms. The largest absolute Gasteiger partial charge is 0.312 e. The molecule has 2 nitrogen and oxygen atoms in total. The standard InChI is InChI=1S/C15H36N2Si/c1-8-14-18(15(7)9-2,16(10-3)11-4)17(12-5)13-6/h15H,8-14H2,1-7H3. The van der Waals surface area contributed by atoms with Crippen LogP contribution in [0, 0.1) is 0 Å². The second-order valence-electron chi connectivity index (χ2n) is 5.28. The fourth-order valence-electron chi connectivity index (χ4n) is 3.62. The van der Waals surface area contributed by atoms with Crippen molar-refractivity contribution < 1.29 is 0 Å². The van der Waals surface area contributed by atoms with E-state index in [-0.39, 0.29) is 0 Å². The van der Waals surface area contributed by atoms with E-state index in [1.807, 2.05) is 0 Å². The first-order valence-electron chi connectivity index (χ1n) is 8.08. The van der Waals surface area contributed by atoms with Gasteiger partial charge in [0.2, 0.25) is 8.40 Å². The molecule has 0 saturated heterocycles. The lowest BCUT2D eigenvalue weighted by molar-refractivity contribution is 0.333. The number of hydrogen-bond donors (Lipinski definition) is 0. The maximum absolute atomic E-state index is 2.83. The molecule has 0 bridgehead atoms. The Bertz CT molecular complexity index is 189. The van der Waals surface area contributed by atoms with Crippen LogP contribution in [0.3, 0.4) is 0 Å². The molecule has 0 fully saturated rings. The molecule has 0 aromatic heterocycles. The molecule has 110 valence electrons. The summed E-state index contributed by atoms with van der Waals surface area (Å²) in [5, 5.41) is 0. The Morgan fingerprint density at radius 2 is 1.17 bits per heavy atom. The minimum Gasteiger partial charge on any atom is -0.312 e. The lowest BCUT2D eigenvalue weighted by atomic mass is 10.4. The molecule has 0 aliphatic heterocycles. The predicted octanol–water partition coefficient (Wildman–Crippen LogP) is 4.32. The van der Waals surface area contributed by atoms with Crippen LogP contribution in [0.15, 0.2) is 0 Å². The van der Waals surface area contributed by atoms with Gasteiger partial charge in [0.1, 0.15) is 0 Å². The molecule has 0 saturated carbocycles. The van der Waals surface area contributed by atoms with Crippen LogP contribution in [-0.4, -0.2) is 43.7 Å². The summed E-state index contributed by atoms with van der Waals surface area (Å²) in [6.07, 6.45) is 2.64. The molecule has 0 aromatic rings. The van der Waals surface area contributed by atoms with Gasteiger partial charge in [-0.25, -0.2) is 0 Å². The third kappa shape index (κ3) is 3.58. The highest BCUT2D eigenvalue weighted by atomic mass is 28.3. The highest BCUT2D eigenvalue weighted by Crippen LogP contribution is 2.35. The second kappa shape index (κ2) is 9.11. The predicted molar refractivity (Wildman–Crippen MR) is 86.4 cm³/mol. The molecular weight excluding hydrogens is 236 g/mol. The van der Waals surface area contributed by atoms with Crippen LogP contribution < -0.4 is 0 Å². The van der Waals surface area contributed by atoms with Crippen molar-refractivity contribution in [2.75, 3.05) is 26.2 Å². The summed E-state index contributed by atoms with van der Waals surface area (Å²) in [5.74, 6) is 0. The summed E-state index contributed by atoms with van der Waals surface area (Å²) in [4.78, 5) is 0. The van der Waals surface area contributed by atoms with Crippen molar-refractivity contribution in [3.63, 3.8) is 0 Å². The van der Waals surface area contributed by atoms with Crippen molar-refractivity contribution in [2.45, 2.75) is 72.9 Å². The number of nitrogens with zero attached hydrogens (tertiary/aromatic N) is 2. The summed E-state index contributed by atoms with van der Waals surface area (Å²) in [5.41, 5.74) is 0.859. The van der Waals surface area contributed by atoms with Crippen LogP contribution in [0.2, 0.25) is 11.6 Å². The fourth-order valence-corrected chi connectivity index (χ4v) is 9.98. The highest BCUT2D eigenvalue weighted by molar-refractivity contribution is 6.75. The van der Waals surface area contributed by atoms with Gasteiger partial charge in [0, 0.05) is 0 Å². The van der Waals surface area contributed by atoms with Crippen LogP contribution in [0.5, 0.6) is 0 Å². The zero-order valence-electron chi connectivity index (χ0n) is 13.9. The molecule has 0 heterocycles. The summed E-state index contributed by atoms with van der Waals surface area (Å²) in [6.45, 7) is 21.4. The molecule has 0 aromatic carbocycles. The van der Waals surface area contributed by atoms with E-state index in [0.29, 0.717) is 0 Å². The van der Waals surface area contributed by atoms with Gasteiger partial charge >= 0.3 is 0 Å². The van der Waals surface area contributed by atoms with E-state index in [9.17, 15) is 0 Å². The number of rotatable bonds is 10. The lowest BCUT2D eigenvalue weighted by Crippen LogP contribution is -2.67. The van der Waals surface area contributed by atoms with Crippen molar-refractivity contribution in [3.8, 4) is 0 Å². The van der Waals surface area contributed by atoms with Gasteiger partial charge in [-0.3, -0.25) is 0 Å². The molecule has 0 aliphatic rings. The Kier molecular flexibility index (Phi) is 9.18. The minimum absolute atomic E-state index is 0.859. The molecule has 0 aliphatic carbocycles. The second-order valence-corrected chi connectivity index (χ2v) is 9.79. The smallest absolute Gasteiger partial charge is 0.209 e. The van der Waals surface area contributed by atoms with Crippen molar-refractivity contribution in [3.05, 3.63) is 0 Å². The van der Waals surface area contributed by atoms with Crippen LogP contribution in [0.25, 0.3) is 0 Å². The van der Waals surface area contributed by atoms with E-state index in [0.717, 1.165) is 5.54 Å². The van der Waals surface area contributed by atoms with Gasteiger partial charge in [-0.15, -0.1) is 0 Å². The Morgan fingerprint density at radius 3 is 1.39 bits per heavy atom. The van der Waals surface area contributed by atoms with Gasteiger partial charge < -0.3 is 9.13 Å². The van der Waals surface area contributed by atoms with E-state index in [1.165, 1.54) is 45.1 Å². The first kappa shape index (κ1) is 18.1. The summed E-state index contributed by atoms with van der Waals surface area (Å²) in [6, 6.07) is 1.42. The highest BCUT2D eigenvalue weighted by Gasteiger charge is 2.46. The summed E-state index contributed by atoms with van der Waals surface area (Å²) >= 11 is 0. The molecular formula is C15H36N2Si. The van der Waals surface area contributed by atoms with E-state index in [2.05, 4.69) is 57.6 Å². The third-order valence-corrected chi connectivity index (χ3v) is 11.3. The van der Waals surface area contributed by atoms with Crippen molar-refractivity contribution in [1.82, 2.24) is 9.13 Å². The normalized spacial score (nSPS) is 14.5. The van der Waals surface area contributed by atoms with E-state index in [4.69, 9.17) is 0 Å². The van der Waals surface area contributed by atoms with Gasteiger partial charge in [-0.05, 0) is 37.8 Å². The van der Waals surface area contributed by atoms with Gasteiger partial charge in [-0.1, -0.05) is 61.3 Å². The van der Waals surface area contributed by atoms with E-state index < -0.39 is 8.40 Å². The fraction of sp³-hybridized carbons (Fsp3) is 1.00. The Morgan fingerprint density at radius 1 is 0.778 bits per heavy atom. The maximum atomic E-state index is 2.83. The summed E-state index contributed by atoms with van der Waals surface area (Å²) in [7, 11) is -1.49. The first-order valence-corrected chi connectivity index (χ1v) is 10.3. The minimum atomic E-state index is -1.49. The molecule has 0 radical (unpaired) electrons. The monoisotopic (exact) mass is 272 g/mol. The van der Waals surface area contributed by atoms with Crippen LogP contribution >= 0.6 is 0 Å². The SMILES string of the molecule is CCC[Si](C(C)CC)(N(CC)CC)N(CC)CC. The average molecular weight is 273 g/mol. The number of hydrogen-bond acceptors (Lipinski definition) is 2. The quantitative estimate of drug-likeness (QED) is 0.546. The van der Waals surface area contributed by atoms with E-state index >= 15 is 0 Å². The van der Waals surface area contributed by atoms with Crippen LogP contribution in [-0.2, 0) is 0 Å². The Balaban J connectivity index is 5.51. The zero-order chi connectivity index (χ0) is 14.2. The molecule has 18 heavy (non-hydrogen) atoms. The third-order valence-electron chi connectivity index (χ3n) is 4.64. The van der Waals surface area contributed by atoms with Crippen molar-refractivity contribution >= 4 is 8.40 Å². The molecule has 0 N–H and O–H groups in total. The molecule has 0 amide bonds. The van der Waals surface area contributed by atoms with Gasteiger partial charge in [0.05, 0.1) is 0 Å². The summed E-state index contributed by atoms with van der Waals surface area (Å²) < 4.78 is 5.66. The first-order chi connectivity index (χ1) is 8.58. The van der Waals surface area contributed by atoms with Crippen molar-refractivity contribution in [1.29, 1.82) is 0 Å². The molecule has 0 rings (SSSR count). The van der Waals surface area contributed by atoms with Gasteiger partial charge in [0.15, 0.2) is 0 Å². The molecule has 3 heteroatoms. The van der Waals surface area contributed by atoms with Crippen LogP contribution in [0.4, 0.5) is 0 Å². The average Bonchev–Trinajstić information content (AvgIpc) is 2.40. The Hall–Kier alpha value is 0.137. The zero-order valence-corrected chi connectivity index (χ0v) is 14.9. The Labute approximate surface area is 117 Å². The van der Waals surface area contributed by atoms with Crippen molar-refractivity contribution in [2.24, 2.45) is 0 Å². The topological polar surface area (TPSA) is 6.48 Å². The molecule has 1 unspecified atom stereocenters. The van der Waals surface area contributed by atoms with Crippen LogP contribution in [0.1, 0.15) is 61.3 Å². The lowest BCUT2D eigenvalue weighted by Gasteiger charge is -2.51. The molecule has 1 atom stereocenters. The van der Waals surface area contributed by atoms with E-state index in [1.54, 1.807) is 0 Å². The van der Waals surface area contributed by atoms with Gasteiger partial charge in [0.25, 0.3) is 0 Å². The van der Waals surface area contributed by atoms with Gasteiger partial charge in [-0.2, -0.15) is 0 Å².